The summed E-state index contributed by atoms with van der Waals surface area (Å²) in [7, 11) is 0. The quantitative estimate of drug-likeness (QED) is 0.809. The van der Waals surface area contributed by atoms with Crippen molar-refractivity contribution < 1.29 is 0 Å². The van der Waals surface area contributed by atoms with Crippen molar-refractivity contribution in [3.63, 3.8) is 0 Å². The third kappa shape index (κ3) is 1.84. The van der Waals surface area contributed by atoms with Crippen LogP contribution in [-0.4, -0.2) is 11.5 Å². The minimum Gasteiger partial charge on any atom is -0.396 e. The number of anilines is 2. The van der Waals surface area contributed by atoms with Gasteiger partial charge in [0.05, 0.1) is 17.6 Å². The molecule has 86 valence electrons. The van der Waals surface area contributed by atoms with Crippen molar-refractivity contribution in [1.29, 1.82) is 0 Å². The molecule has 3 heteroatoms. The van der Waals surface area contributed by atoms with Gasteiger partial charge in [0.2, 0.25) is 0 Å². The van der Waals surface area contributed by atoms with E-state index in [1.807, 2.05) is 6.07 Å². The van der Waals surface area contributed by atoms with Crippen molar-refractivity contribution in [3.05, 3.63) is 53.9 Å². The second kappa shape index (κ2) is 4.09. The third-order valence-electron chi connectivity index (χ3n) is 3.30. The summed E-state index contributed by atoms with van der Waals surface area (Å²) in [5.41, 5.74) is 10.7. The standard InChI is InChI=1S/C14H15N3/c15-13-9-16-7-5-14(13)17-8-6-11-3-1-2-4-12(11)10-17/h1-5,7,9H,6,8,10,15H2. The van der Waals surface area contributed by atoms with Crippen molar-refractivity contribution in [2.45, 2.75) is 13.0 Å². The van der Waals surface area contributed by atoms with Crippen molar-refractivity contribution in [2.24, 2.45) is 0 Å². The topological polar surface area (TPSA) is 42.1 Å². The minimum atomic E-state index is 0.756. The Bertz CT molecular complexity index is 536. The van der Waals surface area contributed by atoms with Crippen LogP contribution in [0.2, 0.25) is 0 Å². The molecule has 0 aliphatic carbocycles. The first kappa shape index (κ1) is 10.1. The molecule has 3 nitrogen and oxygen atoms in total. The maximum atomic E-state index is 5.97. The van der Waals surface area contributed by atoms with E-state index in [9.17, 15) is 0 Å². The fourth-order valence-corrected chi connectivity index (χ4v) is 2.39. The summed E-state index contributed by atoms with van der Waals surface area (Å²) in [4.78, 5) is 6.35. The molecule has 1 aromatic carbocycles. The number of rotatable bonds is 1. The van der Waals surface area contributed by atoms with Crippen molar-refractivity contribution in [3.8, 4) is 0 Å². The number of hydrogen-bond donors (Lipinski definition) is 1. The van der Waals surface area contributed by atoms with Gasteiger partial charge in [-0.2, -0.15) is 0 Å². The van der Waals surface area contributed by atoms with E-state index in [1.54, 1.807) is 12.4 Å². The normalized spacial score (nSPS) is 14.5. The summed E-state index contributed by atoms with van der Waals surface area (Å²) < 4.78 is 0. The van der Waals surface area contributed by atoms with Gasteiger partial charge in [0.1, 0.15) is 0 Å². The minimum absolute atomic E-state index is 0.756. The van der Waals surface area contributed by atoms with Crippen LogP contribution in [0.15, 0.2) is 42.7 Å². The van der Waals surface area contributed by atoms with E-state index in [0.29, 0.717) is 0 Å². The molecular weight excluding hydrogens is 210 g/mol. The molecule has 0 saturated heterocycles. The zero-order valence-electron chi connectivity index (χ0n) is 9.63. The molecule has 1 aliphatic rings. The number of benzene rings is 1. The van der Waals surface area contributed by atoms with E-state index in [4.69, 9.17) is 5.73 Å². The Hall–Kier alpha value is -2.03. The van der Waals surface area contributed by atoms with Crippen LogP contribution >= 0.6 is 0 Å². The van der Waals surface area contributed by atoms with Crippen LogP contribution in [0.25, 0.3) is 0 Å². The molecule has 3 rings (SSSR count). The predicted molar refractivity (Wildman–Crippen MR) is 69.8 cm³/mol. The molecule has 17 heavy (non-hydrogen) atoms. The molecule has 0 saturated carbocycles. The molecule has 0 atom stereocenters. The van der Waals surface area contributed by atoms with Crippen LogP contribution < -0.4 is 10.6 Å². The van der Waals surface area contributed by atoms with Gasteiger partial charge in [-0.1, -0.05) is 24.3 Å². The zero-order valence-corrected chi connectivity index (χ0v) is 9.63. The molecule has 2 heterocycles. The molecule has 0 radical (unpaired) electrons. The summed E-state index contributed by atoms with van der Waals surface area (Å²) in [6, 6.07) is 10.6. The highest BCUT2D eigenvalue weighted by Crippen LogP contribution is 2.27. The van der Waals surface area contributed by atoms with Crippen LogP contribution in [0.5, 0.6) is 0 Å². The first-order valence-electron chi connectivity index (χ1n) is 5.86. The zero-order chi connectivity index (χ0) is 11.7. The first-order chi connectivity index (χ1) is 8.34. The van der Waals surface area contributed by atoms with Crippen LogP contribution in [0, 0.1) is 0 Å². The second-order valence-electron chi connectivity index (χ2n) is 4.37. The summed E-state index contributed by atoms with van der Waals surface area (Å²) in [6.45, 7) is 1.95. The number of fused-ring (bicyclic) bond motifs is 1. The Morgan fingerprint density at radius 1 is 1.12 bits per heavy atom. The van der Waals surface area contributed by atoms with E-state index in [1.165, 1.54) is 11.1 Å². The Kier molecular flexibility index (Phi) is 2.44. The Balaban J connectivity index is 1.92. The molecule has 0 unspecified atom stereocenters. The van der Waals surface area contributed by atoms with Gasteiger partial charge in [-0.05, 0) is 23.6 Å². The number of pyridine rings is 1. The summed E-state index contributed by atoms with van der Waals surface area (Å²) in [6.07, 6.45) is 4.60. The fraction of sp³-hybridized carbons (Fsp3) is 0.214. The van der Waals surface area contributed by atoms with Gasteiger partial charge in [0.25, 0.3) is 0 Å². The number of nitrogen functional groups attached to an aromatic ring is 1. The van der Waals surface area contributed by atoms with Gasteiger partial charge in [-0.25, -0.2) is 0 Å². The van der Waals surface area contributed by atoms with Gasteiger partial charge < -0.3 is 10.6 Å². The first-order valence-corrected chi connectivity index (χ1v) is 5.86. The van der Waals surface area contributed by atoms with Crippen LogP contribution in [0.4, 0.5) is 11.4 Å². The number of hydrogen-bond acceptors (Lipinski definition) is 3. The Morgan fingerprint density at radius 2 is 1.94 bits per heavy atom. The van der Waals surface area contributed by atoms with Crippen LogP contribution in [0.1, 0.15) is 11.1 Å². The van der Waals surface area contributed by atoms with Gasteiger partial charge in [-0.15, -0.1) is 0 Å². The Morgan fingerprint density at radius 3 is 2.76 bits per heavy atom. The van der Waals surface area contributed by atoms with E-state index < -0.39 is 0 Å². The number of nitrogens with two attached hydrogens (primary N) is 1. The average molecular weight is 225 g/mol. The lowest BCUT2D eigenvalue weighted by Crippen LogP contribution is -2.30. The van der Waals surface area contributed by atoms with E-state index in [2.05, 4.69) is 34.1 Å². The largest absolute Gasteiger partial charge is 0.396 e. The molecule has 2 N–H and O–H groups in total. The van der Waals surface area contributed by atoms with Gasteiger partial charge in [0.15, 0.2) is 0 Å². The van der Waals surface area contributed by atoms with E-state index in [0.717, 1.165) is 30.9 Å². The highest BCUT2D eigenvalue weighted by atomic mass is 15.1. The maximum Gasteiger partial charge on any atom is 0.0738 e. The molecular formula is C14H15N3. The van der Waals surface area contributed by atoms with Crippen molar-refractivity contribution >= 4 is 11.4 Å². The molecule has 1 aromatic heterocycles. The molecule has 0 amide bonds. The average Bonchev–Trinajstić information content (AvgIpc) is 2.39. The summed E-state index contributed by atoms with van der Waals surface area (Å²) in [5, 5.41) is 0. The second-order valence-corrected chi connectivity index (χ2v) is 4.37. The molecule has 0 fully saturated rings. The Labute approximate surface area is 101 Å². The lowest BCUT2D eigenvalue weighted by Gasteiger charge is -2.31. The summed E-state index contributed by atoms with van der Waals surface area (Å²) in [5.74, 6) is 0. The molecule has 1 aliphatic heterocycles. The summed E-state index contributed by atoms with van der Waals surface area (Å²) >= 11 is 0. The highest BCUT2D eigenvalue weighted by molar-refractivity contribution is 5.66. The van der Waals surface area contributed by atoms with E-state index >= 15 is 0 Å². The maximum absolute atomic E-state index is 5.97. The van der Waals surface area contributed by atoms with Gasteiger partial charge in [0, 0.05) is 19.3 Å². The molecule has 0 spiro atoms. The predicted octanol–water partition coefficient (Wildman–Crippen LogP) is 2.23. The lowest BCUT2D eigenvalue weighted by molar-refractivity contribution is 0.732. The third-order valence-corrected chi connectivity index (χ3v) is 3.30. The van der Waals surface area contributed by atoms with Crippen LogP contribution in [-0.2, 0) is 13.0 Å². The van der Waals surface area contributed by atoms with Crippen LogP contribution in [0.3, 0.4) is 0 Å². The van der Waals surface area contributed by atoms with Crippen molar-refractivity contribution in [1.82, 2.24) is 4.98 Å². The molecule has 0 bridgehead atoms. The van der Waals surface area contributed by atoms with Crippen molar-refractivity contribution in [2.75, 3.05) is 17.2 Å². The monoisotopic (exact) mass is 225 g/mol. The van der Waals surface area contributed by atoms with Gasteiger partial charge in [-0.3, -0.25) is 4.98 Å². The molecule has 2 aromatic rings. The number of nitrogens with zero attached hydrogens (tertiary/aromatic N) is 2. The highest BCUT2D eigenvalue weighted by Gasteiger charge is 2.17. The SMILES string of the molecule is Nc1cnccc1N1CCc2ccccc2C1. The van der Waals surface area contributed by atoms with Gasteiger partial charge >= 0.3 is 0 Å². The fourth-order valence-electron chi connectivity index (χ4n) is 2.39. The lowest BCUT2D eigenvalue weighted by atomic mass is 9.99. The van der Waals surface area contributed by atoms with E-state index in [-0.39, 0.29) is 0 Å². The smallest absolute Gasteiger partial charge is 0.0738 e. The number of aromatic nitrogens is 1.